The van der Waals surface area contributed by atoms with Crippen LogP contribution in [0.5, 0.6) is 0 Å². The maximum atomic E-state index is 11.9. The molecule has 2 atom stereocenters. The van der Waals surface area contributed by atoms with Gasteiger partial charge in [0.25, 0.3) is 0 Å². The maximum absolute atomic E-state index is 11.9. The summed E-state index contributed by atoms with van der Waals surface area (Å²) in [4.78, 5) is 22.7. The van der Waals surface area contributed by atoms with Crippen LogP contribution in [0.15, 0.2) is 30.3 Å². The van der Waals surface area contributed by atoms with Gasteiger partial charge >= 0.3 is 5.97 Å². The molecule has 0 fully saturated rings. The fourth-order valence-electron chi connectivity index (χ4n) is 2.03. The van der Waals surface area contributed by atoms with Crippen molar-refractivity contribution in [3.05, 3.63) is 35.9 Å². The van der Waals surface area contributed by atoms with Crippen LogP contribution in [0.1, 0.15) is 38.7 Å². The minimum absolute atomic E-state index is 0.00731. The topological polar surface area (TPSA) is 75.6 Å². The van der Waals surface area contributed by atoms with Gasteiger partial charge in [0, 0.05) is 12.5 Å². The molecule has 1 rings (SSSR count). The molecule has 22 heavy (non-hydrogen) atoms. The van der Waals surface area contributed by atoms with Crippen molar-refractivity contribution in [2.75, 3.05) is 6.61 Å². The summed E-state index contributed by atoms with van der Waals surface area (Å²) in [5, 5.41) is 11.7. The third kappa shape index (κ3) is 7.78. The van der Waals surface area contributed by atoms with Crippen LogP contribution in [0.4, 0.5) is 0 Å². The van der Waals surface area contributed by atoms with Crippen molar-refractivity contribution in [2.45, 2.75) is 51.7 Å². The largest absolute Gasteiger partial charge is 0.481 e. The molecule has 0 spiro atoms. The van der Waals surface area contributed by atoms with Gasteiger partial charge in [0.15, 0.2) is 0 Å². The lowest BCUT2D eigenvalue weighted by Gasteiger charge is -2.19. The number of carboxylic acids is 1. The molecule has 0 saturated carbocycles. The van der Waals surface area contributed by atoms with Gasteiger partial charge in [0.1, 0.15) is 6.61 Å². The monoisotopic (exact) mass is 307 g/mol. The Hall–Kier alpha value is -1.88. The van der Waals surface area contributed by atoms with E-state index in [1.807, 2.05) is 44.2 Å². The molecule has 0 aliphatic carbocycles. The van der Waals surface area contributed by atoms with Crippen molar-refractivity contribution >= 4 is 11.9 Å². The Bertz CT molecular complexity index is 461. The van der Waals surface area contributed by atoms with Crippen molar-refractivity contribution in [1.82, 2.24) is 5.32 Å². The molecule has 2 N–H and O–H groups in total. The summed E-state index contributed by atoms with van der Waals surface area (Å²) in [7, 11) is 0. The first-order valence-corrected chi connectivity index (χ1v) is 7.68. The quantitative estimate of drug-likeness (QED) is 0.696. The number of ether oxygens (including phenoxy) is 1. The van der Waals surface area contributed by atoms with Crippen molar-refractivity contribution < 1.29 is 19.4 Å². The van der Waals surface area contributed by atoms with E-state index >= 15 is 0 Å². The lowest BCUT2D eigenvalue weighted by Crippen LogP contribution is -2.39. The first-order chi connectivity index (χ1) is 10.5. The van der Waals surface area contributed by atoms with Gasteiger partial charge in [-0.1, -0.05) is 37.3 Å². The molecule has 0 bridgehead atoms. The van der Waals surface area contributed by atoms with E-state index < -0.39 is 5.97 Å². The molecule has 1 amide bonds. The number of benzene rings is 1. The fourth-order valence-corrected chi connectivity index (χ4v) is 2.03. The highest BCUT2D eigenvalue weighted by molar-refractivity contribution is 5.77. The standard InChI is InChI=1S/C17H25NO4/c1-3-13(2)22-12-16(19)18-15(9-10-17(20)21)11-14-7-5-4-6-8-14/h4-8,13,15H,3,9-12H2,1-2H3,(H,18,19)(H,20,21). The predicted molar refractivity (Wildman–Crippen MR) is 84.7 cm³/mol. The van der Waals surface area contributed by atoms with Crippen LogP contribution in [0, 0.1) is 0 Å². The van der Waals surface area contributed by atoms with Crippen molar-refractivity contribution in [3.8, 4) is 0 Å². The van der Waals surface area contributed by atoms with Crippen molar-refractivity contribution in [3.63, 3.8) is 0 Å². The van der Waals surface area contributed by atoms with E-state index in [0.717, 1.165) is 12.0 Å². The summed E-state index contributed by atoms with van der Waals surface area (Å²) < 4.78 is 5.40. The minimum atomic E-state index is -0.858. The second kappa shape index (κ2) is 9.95. The van der Waals surface area contributed by atoms with E-state index in [1.165, 1.54) is 0 Å². The molecule has 1 aromatic rings. The fraction of sp³-hybridized carbons (Fsp3) is 0.529. The molecule has 0 aliphatic heterocycles. The molecule has 1 aromatic carbocycles. The first-order valence-electron chi connectivity index (χ1n) is 7.68. The zero-order valence-electron chi connectivity index (χ0n) is 13.2. The van der Waals surface area contributed by atoms with Gasteiger partial charge in [-0.2, -0.15) is 0 Å². The van der Waals surface area contributed by atoms with Gasteiger partial charge in [-0.15, -0.1) is 0 Å². The minimum Gasteiger partial charge on any atom is -0.481 e. The summed E-state index contributed by atoms with van der Waals surface area (Å²) in [6.45, 7) is 3.92. The molecule has 0 aromatic heterocycles. The van der Waals surface area contributed by atoms with Gasteiger partial charge in [-0.3, -0.25) is 9.59 Å². The molecule has 0 radical (unpaired) electrons. The number of carbonyl (C=O) groups is 2. The van der Waals surface area contributed by atoms with Crippen LogP contribution >= 0.6 is 0 Å². The van der Waals surface area contributed by atoms with Gasteiger partial charge in [0.2, 0.25) is 5.91 Å². The summed E-state index contributed by atoms with van der Waals surface area (Å²) in [5.41, 5.74) is 1.07. The number of carbonyl (C=O) groups excluding carboxylic acids is 1. The van der Waals surface area contributed by atoms with Crippen LogP contribution < -0.4 is 5.32 Å². The second-order valence-corrected chi connectivity index (χ2v) is 5.42. The number of nitrogens with one attached hydrogen (secondary N) is 1. The highest BCUT2D eigenvalue weighted by Crippen LogP contribution is 2.08. The smallest absolute Gasteiger partial charge is 0.303 e. The van der Waals surface area contributed by atoms with Crippen molar-refractivity contribution in [1.29, 1.82) is 0 Å². The Morgan fingerprint density at radius 1 is 1.27 bits per heavy atom. The maximum Gasteiger partial charge on any atom is 0.303 e. The summed E-state index contributed by atoms with van der Waals surface area (Å²) >= 11 is 0. The van der Waals surface area contributed by atoms with Gasteiger partial charge < -0.3 is 15.2 Å². The van der Waals surface area contributed by atoms with Gasteiger partial charge in [0.05, 0.1) is 6.10 Å². The second-order valence-electron chi connectivity index (χ2n) is 5.42. The molecule has 5 nitrogen and oxygen atoms in total. The molecule has 0 heterocycles. The number of hydrogen-bond donors (Lipinski definition) is 2. The number of hydrogen-bond acceptors (Lipinski definition) is 3. The summed E-state index contributed by atoms with van der Waals surface area (Å²) in [6.07, 6.45) is 1.93. The highest BCUT2D eigenvalue weighted by atomic mass is 16.5. The van der Waals surface area contributed by atoms with Crippen LogP contribution in [0.3, 0.4) is 0 Å². The third-order valence-corrected chi connectivity index (χ3v) is 3.47. The Morgan fingerprint density at radius 2 is 1.95 bits per heavy atom. The first kappa shape index (κ1) is 18.2. The number of aliphatic carboxylic acids is 1. The van der Waals surface area contributed by atoms with Crippen LogP contribution in [-0.2, 0) is 20.7 Å². The molecule has 5 heteroatoms. The van der Waals surface area contributed by atoms with Gasteiger partial charge in [-0.05, 0) is 31.7 Å². The molecule has 122 valence electrons. The average Bonchev–Trinajstić information content (AvgIpc) is 2.51. The Kier molecular flexibility index (Phi) is 8.22. The normalized spacial score (nSPS) is 13.4. The van der Waals surface area contributed by atoms with Crippen LogP contribution in [0.2, 0.25) is 0 Å². The Morgan fingerprint density at radius 3 is 2.55 bits per heavy atom. The molecule has 0 saturated heterocycles. The SMILES string of the molecule is CCC(C)OCC(=O)NC(CCC(=O)O)Cc1ccccc1. The van der Waals surface area contributed by atoms with E-state index in [4.69, 9.17) is 9.84 Å². The van der Waals surface area contributed by atoms with Crippen molar-refractivity contribution in [2.24, 2.45) is 0 Å². The average molecular weight is 307 g/mol. The van der Waals surface area contributed by atoms with E-state index in [1.54, 1.807) is 0 Å². The predicted octanol–water partition coefficient (Wildman–Crippen LogP) is 2.39. The summed E-state index contributed by atoms with van der Waals surface area (Å²) in [5.74, 6) is -1.06. The third-order valence-electron chi connectivity index (χ3n) is 3.47. The summed E-state index contributed by atoms with van der Waals surface area (Å²) in [6, 6.07) is 9.51. The molecule has 0 aliphatic rings. The van der Waals surface area contributed by atoms with Gasteiger partial charge in [-0.25, -0.2) is 0 Å². The molecular formula is C17H25NO4. The lowest BCUT2D eigenvalue weighted by atomic mass is 10.0. The Balaban J connectivity index is 2.53. The van der Waals surface area contributed by atoms with E-state index in [0.29, 0.717) is 12.8 Å². The zero-order chi connectivity index (χ0) is 16.4. The zero-order valence-corrected chi connectivity index (χ0v) is 13.2. The van der Waals surface area contributed by atoms with E-state index in [9.17, 15) is 9.59 Å². The van der Waals surface area contributed by atoms with Crippen LogP contribution in [-0.4, -0.2) is 35.7 Å². The molecule has 2 unspecified atom stereocenters. The lowest BCUT2D eigenvalue weighted by molar-refractivity contribution is -0.137. The van der Waals surface area contributed by atoms with E-state index in [-0.39, 0.29) is 31.1 Å². The Labute approximate surface area is 131 Å². The molecular weight excluding hydrogens is 282 g/mol. The number of carboxylic acid groups (broad SMARTS) is 1. The van der Waals surface area contributed by atoms with Crippen LogP contribution in [0.25, 0.3) is 0 Å². The highest BCUT2D eigenvalue weighted by Gasteiger charge is 2.15. The number of rotatable bonds is 10. The van der Waals surface area contributed by atoms with E-state index in [2.05, 4.69) is 5.32 Å². The number of amides is 1.